The van der Waals surface area contributed by atoms with Crippen LogP contribution in [-0.2, 0) is 12.7 Å². The number of likely N-dealkylation sites (N-methyl/N-ethyl adjacent to an activating group) is 1. The van der Waals surface area contributed by atoms with Crippen LogP contribution in [0.2, 0.25) is 0 Å². The largest absolute Gasteiger partial charge is 0.419 e. The zero-order valence-electron chi connectivity index (χ0n) is 11.3. The molecule has 0 saturated heterocycles. The Morgan fingerprint density at radius 2 is 2.00 bits per heavy atom. The number of hydrogen-bond donors (Lipinski definition) is 1. The Balaban J connectivity index is 1.90. The highest BCUT2D eigenvalue weighted by molar-refractivity contribution is 5.27. The van der Waals surface area contributed by atoms with Crippen LogP contribution in [0.5, 0.6) is 0 Å². The van der Waals surface area contributed by atoms with Gasteiger partial charge in [0.2, 0.25) is 0 Å². The number of halogens is 4. The molecule has 0 aromatic heterocycles. The molecule has 1 aliphatic carbocycles. The first-order valence-corrected chi connectivity index (χ1v) is 6.64. The van der Waals surface area contributed by atoms with Crippen molar-refractivity contribution in [3.63, 3.8) is 0 Å². The van der Waals surface area contributed by atoms with Gasteiger partial charge in [0.1, 0.15) is 5.82 Å². The van der Waals surface area contributed by atoms with Gasteiger partial charge in [-0.2, -0.15) is 13.2 Å². The van der Waals surface area contributed by atoms with E-state index < -0.39 is 17.6 Å². The highest BCUT2D eigenvalue weighted by Crippen LogP contribution is 2.32. The lowest BCUT2D eigenvalue weighted by Gasteiger charge is -2.18. The monoisotopic (exact) mass is 290 g/mol. The summed E-state index contributed by atoms with van der Waals surface area (Å²) in [6.07, 6.45) is -2.24. The Hall–Kier alpha value is -1.14. The van der Waals surface area contributed by atoms with E-state index >= 15 is 0 Å². The van der Waals surface area contributed by atoms with Crippen molar-refractivity contribution in [1.82, 2.24) is 10.2 Å². The molecule has 2 rings (SSSR count). The minimum absolute atomic E-state index is 0.371. The summed E-state index contributed by atoms with van der Waals surface area (Å²) in [6.45, 7) is 1.93. The van der Waals surface area contributed by atoms with E-state index in [-0.39, 0.29) is 0 Å². The van der Waals surface area contributed by atoms with Crippen molar-refractivity contribution in [2.45, 2.75) is 31.6 Å². The topological polar surface area (TPSA) is 15.3 Å². The molecule has 1 N–H and O–H groups in total. The average molecular weight is 290 g/mol. The fourth-order valence-electron chi connectivity index (χ4n) is 2.03. The van der Waals surface area contributed by atoms with E-state index in [2.05, 4.69) is 5.32 Å². The second-order valence-electron chi connectivity index (χ2n) is 5.28. The average Bonchev–Trinajstić information content (AvgIpc) is 3.14. The minimum atomic E-state index is -4.65. The maximum absolute atomic E-state index is 13.2. The van der Waals surface area contributed by atoms with Gasteiger partial charge < -0.3 is 10.2 Å². The first-order valence-electron chi connectivity index (χ1n) is 6.64. The smallest absolute Gasteiger partial charge is 0.313 e. The molecule has 0 atom stereocenters. The van der Waals surface area contributed by atoms with E-state index in [0.717, 1.165) is 25.2 Å². The maximum Gasteiger partial charge on any atom is 0.419 e. The quantitative estimate of drug-likeness (QED) is 0.810. The van der Waals surface area contributed by atoms with E-state index in [4.69, 9.17) is 0 Å². The molecule has 0 amide bonds. The lowest BCUT2D eigenvalue weighted by molar-refractivity contribution is -0.140. The summed E-state index contributed by atoms with van der Waals surface area (Å²) in [5.41, 5.74) is -0.729. The van der Waals surface area contributed by atoms with Crippen molar-refractivity contribution in [1.29, 1.82) is 0 Å². The molecule has 1 aliphatic rings. The van der Waals surface area contributed by atoms with Crippen molar-refractivity contribution in [2.24, 2.45) is 0 Å². The lowest BCUT2D eigenvalue weighted by Crippen LogP contribution is -2.30. The third-order valence-electron chi connectivity index (χ3n) is 3.29. The maximum atomic E-state index is 13.2. The number of rotatable bonds is 6. The van der Waals surface area contributed by atoms with E-state index in [1.165, 1.54) is 18.9 Å². The third-order valence-corrected chi connectivity index (χ3v) is 3.29. The first-order chi connectivity index (χ1) is 9.36. The zero-order chi connectivity index (χ0) is 14.8. The molecule has 20 heavy (non-hydrogen) atoms. The number of nitrogens with zero attached hydrogens (tertiary/aromatic N) is 1. The van der Waals surface area contributed by atoms with Gasteiger partial charge in [0, 0.05) is 25.7 Å². The van der Waals surface area contributed by atoms with Gasteiger partial charge in [0.25, 0.3) is 0 Å². The lowest BCUT2D eigenvalue weighted by atomic mass is 10.1. The molecule has 1 aromatic rings. The Bertz CT molecular complexity index is 455. The van der Waals surface area contributed by atoms with Crippen LogP contribution in [0.3, 0.4) is 0 Å². The standard InChI is InChI=1S/C14H18F4N2/c1-20(7-6-19-11-3-4-11)9-10-2-5-13(15)12(8-10)14(16,17)18/h2,5,8,11,19H,3-4,6-7,9H2,1H3. The molecular weight excluding hydrogens is 272 g/mol. The van der Waals surface area contributed by atoms with Crippen LogP contribution in [0.1, 0.15) is 24.0 Å². The fraction of sp³-hybridized carbons (Fsp3) is 0.571. The van der Waals surface area contributed by atoms with Crippen LogP contribution in [0, 0.1) is 5.82 Å². The second kappa shape index (κ2) is 6.10. The molecular formula is C14H18F4N2. The normalized spacial score (nSPS) is 15.9. The molecule has 0 spiro atoms. The van der Waals surface area contributed by atoms with Crippen LogP contribution in [0.25, 0.3) is 0 Å². The molecule has 112 valence electrons. The van der Waals surface area contributed by atoms with Gasteiger partial charge in [0.15, 0.2) is 0 Å². The van der Waals surface area contributed by atoms with Crippen molar-refractivity contribution >= 4 is 0 Å². The Morgan fingerprint density at radius 1 is 1.30 bits per heavy atom. The molecule has 0 bridgehead atoms. The summed E-state index contributed by atoms with van der Waals surface area (Å²) in [4.78, 5) is 1.92. The molecule has 2 nitrogen and oxygen atoms in total. The van der Waals surface area contributed by atoms with Gasteiger partial charge in [-0.25, -0.2) is 4.39 Å². The van der Waals surface area contributed by atoms with Gasteiger partial charge in [-0.15, -0.1) is 0 Å². The molecule has 0 radical (unpaired) electrons. The van der Waals surface area contributed by atoms with Crippen molar-refractivity contribution < 1.29 is 17.6 Å². The van der Waals surface area contributed by atoms with E-state index in [1.54, 1.807) is 0 Å². The van der Waals surface area contributed by atoms with Crippen LogP contribution in [-0.4, -0.2) is 31.1 Å². The van der Waals surface area contributed by atoms with E-state index in [1.807, 2.05) is 11.9 Å². The predicted molar refractivity (Wildman–Crippen MR) is 68.8 cm³/mol. The van der Waals surface area contributed by atoms with Gasteiger partial charge in [-0.05, 0) is 37.6 Å². The highest BCUT2D eigenvalue weighted by atomic mass is 19.4. The molecule has 6 heteroatoms. The number of alkyl halides is 3. The van der Waals surface area contributed by atoms with E-state index in [9.17, 15) is 17.6 Å². The van der Waals surface area contributed by atoms with Crippen LogP contribution in [0.4, 0.5) is 17.6 Å². The molecule has 1 fully saturated rings. The Labute approximate surface area is 115 Å². The van der Waals surface area contributed by atoms with Gasteiger partial charge >= 0.3 is 6.18 Å². The van der Waals surface area contributed by atoms with Gasteiger partial charge in [0.05, 0.1) is 5.56 Å². The third kappa shape index (κ3) is 4.45. The van der Waals surface area contributed by atoms with E-state index in [0.29, 0.717) is 18.2 Å². The number of benzene rings is 1. The highest BCUT2D eigenvalue weighted by Gasteiger charge is 2.34. The summed E-state index contributed by atoms with van der Waals surface area (Å²) in [5.74, 6) is -1.22. The summed E-state index contributed by atoms with van der Waals surface area (Å²) < 4.78 is 51.0. The second-order valence-corrected chi connectivity index (χ2v) is 5.28. The minimum Gasteiger partial charge on any atom is -0.313 e. The molecule has 0 unspecified atom stereocenters. The van der Waals surface area contributed by atoms with Crippen molar-refractivity contribution in [3.05, 3.63) is 35.1 Å². The Kier molecular flexibility index (Phi) is 4.65. The molecule has 0 aliphatic heterocycles. The van der Waals surface area contributed by atoms with Crippen molar-refractivity contribution in [3.8, 4) is 0 Å². The predicted octanol–water partition coefficient (Wildman–Crippen LogP) is 3.03. The number of nitrogens with one attached hydrogen (secondary N) is 1. The fourth-order valence-corrected chi connectivity index (χ4v) is 2.03. The van der Waals surface area contributed by atoms with Gasteiger partial charge in [-0.3, -0.25) is 0 Å². The zero-order valence-corrected chi connectivity index (χ0v) is 11.3. The molecule has 1 saturated carbocycles. The summed E-state index contributed by atoms with van der Waals surface area (Å²) in [6, 6.07) is 3.79. The Morgan fingerprint density at radius 3 is 2.60 bits per heavy atom. The molecule has 0 heterocycles. The summed E-state index contributed by atoms with van der Waals surface area (Å²) in [7, 11) is 1.84. The van der Waals surface area contributed by atoms with Crippen molar-refractivity contribution in [2.75, 3.05) is 20.1 Å². The van der Waals surface area contributed by atoms with Crippen LogP contribution >= 0.6 is 0 Å². The summed E-state index contributed by atoms with van der Waals surface area (Å²) in [5, 5.41) is 3.34. The van der Waals surface area contributed by atoms with Gasteiger partial charge in [-0.1, -0.05) is 6.07 Å². The number of hydrogen-bond acceptors (Lipinski definition) is 2. The summed E-state index contributed by atoms with van der Waals surface area (Å²) >= 11 is 0. The van der Waals surface area contributed by atoms with Crippen LogP contribution in [0.15, 0.2) is 18.2 Å². The SMILES string of the molecule is CN(CCNC1CC1)Cc1ccc(F)c(C(F)(F)F)c1. The molecule has 1 aromatic carbocycles. The van der Waals surface area contributed by atoms with Crippen LogP contribution < -0.4 is 5.32 Å². The first kappa shape index (κ1) is 15.3.